The van der Waals surface area contributed by atoms with E-state index in [4.69, 9.17) is 10.2 Å². The van der Waals surface area contributed by atoms with Gasteiger partial charge in [-0.05, 0) is 83.9 Å². The van der Waals surface area contributed by atoms with Crippen molar-refractivity contribution in [2.75, 3.05) is 13.6 Å². The van der Waals surface area contributed by atoms with Gasteiger partial charge >= 0.3 is 11.9 Å². The number of carbonyl (C=O) groups is 2. The lowest BCUT2D eigenvalue weighted by Gasteiger charge is -2.19. The van der Waals surface area contributed by atoms with Crippen molar-refractivity contribution >= 4 is 33.4 Å². The van der Waals surface area contributed by atoms with Crippen molar-refractivity contribution in [2.24, 2.45) is 0 Å². The van der Waals surface area contributed by atoms with Gasteiger partial charge in [-0.1, -0.05) is 18.2 Å². The predicted octanol–water partition coefficient (Wildman–Crippen LogP) is 5.04. The molecule has 2 aromatic carbocycles. The smallest absolute Gasteiger partial charge is 0.328 e. The third-order valence-corrected chi connectivity index (χ3v) is 6.77. The Morgan fingerprint density at radius 1 is 1.06 bits per heavy atom. The van der Waals surface area contributed by atoms with Gasteiger partial charge in [0.2, 0.25) is 0 Å². The Morgan fingerprint density at radius 3 is 2.57 bits per heavy atom. The van der Waals surface area contributed by atoms with Gasteiger partial charge in [-0.3, -0.25) is 0 Å². The van der Waals surface area contributed by atoms with Crippen LogP contribution in [-0.2, 0) is 16.1 Å². The van der Waals surface area contributed by atoms with Crippen LogP contribution < -0.4 is 0 Å². The molecule has 2 aromatic heterocycles. The average molecular weight is 488 g/mol. The molecule has 1 unspecified atom stereocenters. The number of carboxylic acids is 2. The van der Waals surface area contributed by atoms with Gasteiger partial charge in [0.15, 0.2) is 0 Å². The van der Waals surface area contributed by atoms with Crippen LogP contribution in [0.3, 0.4) is 0 Å². The summed E-state index contributed by atoms with van der Waals surface area (Å²) in [6.45, 7) is 2.07. The highest BCUT2D eigenvalue weighted by molar-refractivity contribution is 7.17. The molecule has 3 heterocycles. The number of carboxylic acid groups (broad SMARTS) is 2. The predicted molar refractivity (Wildman–Crippen MR) is 136 cm³/mol. The monoisotopic (exact) mass is 487 g/mol. The largest absolute Gasteiger partial charge is 0.478 e. The van der Waals surface area contributed by atoms with Gasteiger partial charge in [-0.25, -0.2) is 9.59 Å². The third kappa shape index (κ3) is 6.17. The maximum Gasteiger partial charge on any atom is 0.328 e. The quantitative estimate of drug-likeness (QED) is 0.389. The van der Waals surface area contributed by atoms with E-state index in [-0.39, 0.29) is 0 Å². The fourth-order valence-corrected chi connectivity index (χ4v) is 5.03. The minimum absolute atomic E-state index is 0.435. The number of aromatic nitrogens is 2. The number of fused-ring (bicyclic) bond motifs is 2. The molecule has 0 fully saturated rings. The summed E-state index contributed by atoms with van der Waals surface area (Å²) in [6.07, 6.45) is 3.98. The number of hydrogen-bond acceptors (Lipinski definition) is 6. The van der Waals surface area contributed by atoms with Gasteiger partial charge in [0.05, 0.1) is 5.69 Å². The van der Waals surface area contributed by atoms with Crippen LogP contribution >= 0.6 is 11.3 Å². The second-order valence-electron chi connectivity index (χ2n) is 8.33. The van der Waals surface area contributed by atoms with Crippen molar-refractivity contribution in [3.63, 3.8) is 0 Å². The zero-order valence-corrected chi connectivity index (χ0v) is 20.0. The first-order chi connectivity index (χ1) is 16.9. The van der Waals surface area contributed by atoms with E-state index in [2.05, 4.69) is 70.0 Å². The van der Waals surface area contributed by atoms with Crippen LogP contribution in [-0.4, -0.2) is 50.8 Å². The molecule has 0 saturated carbocycles. The highest BCUT2D eigenvalue weighted by Crippen LogP contribution is 2.37. The minimum atomic E-state index is -1.26. The first kappa shape index (κ1) is 24.3. The standard InChI is InChI=1S/C23H21N3S.C4H4O4/c1-26-11-8-21(16-5-7-23-18(13-16)9-12-27-23)20-6-4-17(14-19(20)15-26)22-3-2-10-24-25-22;5-3(6)1-2-4(7)8/h2-7,9-10,12-14,21H,8,11,15H2,1H3;1-2H,(H,5,6)(H,7,8)/b;2-1-. The topological polar surface area (TPSA) is 104 Å². The van der Waals surface area contributed by atoms with Crippen LogP contribution in [0.1, 0.15) is 29.0 Å². The van der Waals surface area contributed by atoms with Crippen LogP contribution in [0.2, 0.25) is 0 Å². The Morgan fingerprint density at radius 2 is 1.86 bits per heavy atom. The first-order valence-electron chi connectivity index (χ1n) is 11.1. The van der Waals surface area contributed by atoms with Crippen molar-refractivity contribution in [1.29, 1.82) is 0 Å². The summed E-state index contributed by atoms with van der Waals surface area (Å²) < 4.78 is 1.36. The molecule has 1 atom stereocenters. The lowest BCUT2D eigenvalue weighted by molar-refractivity contribution is -0.134. The molecule has 0 spiro atoms. The van der Waals surface area contributed by atoms with Crippen LogP contribution in [0, 0.1) is 0 Å². The van der Waals surface area contributed by atoms with Gasteiger partial charge in [0, 0.05) is 41.1 Å². The highest BCUT2D eigenvalue weighted by Gasteiger charge is 2.23. The molecule has 5 rings (SSSR count). The van der Waals surface area contributed by atoms with E-state index in [1.165, 1.54) is 26.8 Å². The van der Waals surface area contributed by atoms with Crippen molar-refractivity contribution in [3.8, 4) is 11.3 Å². The summed E-state index contributed by atoms with van der Waals surface area (Å²) in [5.74, 6) is -2.08. The minimum Gasteiger partial charge on any atom is -0.478 e. The Bertz CT molecular complexity index is 1350. The lowest BCUT2D eigenvalue weighted by Crippen LogP contribution is -2.17. The molecule has 0 bridgehead atoms. The van der Waals surface area contributed by atoms with Crippen LogP contribution in [0.15, 0.2) is 78.3 Å². The average Bonchev–Trinajstić information content (AvgIpc) is 3.26. The van der Waals surface area contributed by atoms with Gasteiger partial charge in [0.1, 0.15) is 0 Å². The molecule has 0 saturated heterocycles. The van der Waals surface area contributed by atoms with Crippen molar-refractivity contribution < 1.29 is 19.8 Å². The van der Waals surface area contributed by atoms with Gasteiger partial charge in [-0.15, -0.1) is 11.3 Å². The molecule has 0 radical (unpaired) electrons. The number of thiophene rings is 1. The number of aliphatic carboxylic acids is 2. The van der Waals surface area contributed by atoms with Crippen molar-refractivity contribution in [3.05, 3.63) is 95.0 Å². The van der Waals surface area contributed by atoms with Gasteiger partial charge in [0.25, 0.3) is 0 Å². The Kier molecular flexibility index (Phi) is 7.64. The molecule has 35 heavy (non-hydrogen) atoms. The summed E-state index contributed by atoms with van der Waals surface area (Å²) in [5, 5.41) is 27.5. The van der Waals surface area contributed by atoms with Gasteiger partial charge < -0.3 is 15.1 Å². The molecule has 1 aliphatic rings. The van der Waals surface area contributed by atoms with E-state index < -0.39 is 11.9 Å². The zero-order valence-electron chi connectivity index (χ0n) is 19.2. The summed E-state index contributed by atoms with van der Waals surface area (Å²) in [6, 6.07) is 20.0. The zero-order chi connectivity index (χ0) is 24.8. The normalized spacial score (nSPS) is 15.7. The molecule has 8 heteroatoms. The summed E-state index contributed by atoms with van der Waals surface area (Å²) in [5.41, 5.74) is 6.34. The van der Waals surface area contributed by atoms with E-state index >= 15 is 0 Å². The van der Waals surface area contributed by atoms with Crippen LogP contribution in [0.5, 0.6) is 0 Å². The fourth-order valence-electron chi connectivity index (χ4n) is 4.26. The molecule has 0 amide bonds. The maximum atomic E-state index is 9.55. The van der Waals surface area contributed by atoms with E-state index in [0.29, 0.717) is 18.1 Å². The van der Waals surface area contributed by atoms with E-state index in [1.807, 2.05) is 23.5 Å². The Hall–Kier alpha value is -3.88. The number of nitrogens with zero attached hydrogens (tertiary/aromatic N) is 3. The Labute approximate surface area is 207 Å². The molecule has 4 aromatic rings. The number of hydrogen-bond donors (Lipinski definition) is 2. The van der Waals surface area contributed by atoms with Crippen molar-refractivity contribution in [2.45, 2.75) is 18.9 Å². The Balaban J connectivity index is 0.000000314. The summed E-state index contributed by atoms with van der Waals surface area (Å²) >= 11 is 1.81. The molecule has 0 aliphatic carbocycles. The van der Waals surface area contributed by atoms with Crippen molar-refractivity contribution in [1.82, 2.24) is 15.1 Å². The molecule has 178 valence electrons. The number of rotatable bonds is 4. The maximum absolute atomic E-state index is 9.55. The fraction of sp³-hybridized carbons (Fsp3) is 0.185. The van der Waals surface area contributed by atoms with Crippen LogP contribution in [0.25, 0.3) is 21.3 Å². The summed E-state index contributed by atoms with van der Waals surface area (Å²) in [4.78, 5) is 21.5. The molecular weight excluding hydrogens is 462 g/mol. The molecular formula is C27H25N3O4S. The summed E-state index contributed by atoms with van der Waals surface area (Å²) in [7, 11) is 2.21. The molecule has 1 aliphatic heterocycles. The molecule has 2 N–H and O–H groups in total. The first-order valence-corrected chi connectivity index (χ1v) is 12.0. The van der Waals surface area contributed by atoms with E-state index in [0.717, 1.165) is 30.8 Å². The SMILES string of the molecule is CN1CCC(c2ccc3sccc3c2)c2ccc(-c3cccnn3)cc2C1.O=C(O)/C=C\C(=O)O. The van der Waals surface area contributed by atoms with E-state index in [9.17, 15) is 9.59 Å². The highest BCUT2D eigenvalue weighted by atomic mass is 32.1. The van der Waals surface area contributed by atoms with E-state index in [1.54, 1.807) is 6.20 Å². The van der Waals surface area contributed by atoms with Gasteiger partial charge in [-0.2, -0.15) is 10.2 Å². The molecule has 7 nitrogen and oxygen atoms in total. The second kappa shape index (κ2) is 11.0. The second-order valence-corrected chi connectivity index (χ2v) is 9.28. The van der Waals surface area contributed by atoms with Crippen LogP contribution in [0.4, 0.5) is 0 Å². The number of benzene rings is 2. The third-order valence-electron chi connectivity index (χ3n) is 5.87. The lowest BCUT2D eigenvalue weighted by atomic mass is 9.85.